The molecule has 1 N–H and O–H groups in total. The highest BCUT2D eigenvalue weighted by molar-refractivity contribution is 6.30. The van der Waals surface area contributed by atoms with Crippen LogP contribution in [-0.2, 0) is 6.54 Å². The third-order valence-electron chi connectivity index (χ3n) is 3.67. The molecule has 2 aromatic carbocycles. The molecule has 1 aromatic heterocycles. The summed E-state index contributed by atoms with van der Waals surface area (Å²) in [6, 6.07) is 10.8. The van der Waals surface area contributed by atoms with Crippen molar-refractivity contribution in [3.63, 3.8) is 0 Å². The number of rotatable bonds is 7. The highest BCUT2D eigenvalue weighted by Gasteiger charge is 2.14. The van der Waals surface area contributed by atoms with E-state index in [0.717, 1.165) is 11.3 Å². The minimum absolute atomic E-state index is 0.346. The fourth-order valence-electron chi connectivity index (χ4n) is 2.39. The minimum atomic E-state index is 0.346. The Morgan fingerprint density at radius 1 is 0.962 bits per heavy atom. The minimum Gasteiger partial charge on any atom is -0.493 e. The van der Waals surface area contributed by atoms with Crippen molar-refractivity contribution in [2.24, 2.45) is 0 Å². The van der Waals surface area contributed by atoms with Gasteiger partial charge in [-0.3, -0.25) is 0 Å². The molecular formula is C18H18ClN3O4. The van der Waals surface area contributed by atoms with Crippen LogP contribution in [0.25, 0.3) is 11.5 Å². The smallest absolute Gasteiger partial charge is 0.247 e. The van der Waals surface area contributed by atoms with Gasteiger partial charge in [0.2, 0.25) is 17.5 Å². The van der Waals surface area contributed by atoms with E-state index in [9.17, 15) is 0 Å². The predicted octanol–water partition coefficient (Wildman–Crippen LogP) is 4.03. The molecule has 0 unspecified atom stereocenters. The van der Waals surface area contributed by atoms with Gasteiger partial charge in [-0.05, 0) is 24.3 Å². The van der Waals surface area contributed by atoms with Crippen molar-refractivity contribution < 1.29 is 18.6 Å². The molecule has 0 saturated carbocycles. The molecule has 3 aromatic rings. The van der Waals surface area contributed by atoms with Crippen molar-refractivity contribution >= 4 is 17.3 Å². The van der Waals surface area contributed by atoms with Crippen LogP contribution in [0, 0.1) is 0 Å². The molecule has 0 fully saturated rings. The first-order valence-corrected chi connectivity index (χ1v) is 8.14. The molecule has 0 aliphatic carbocycles. The van der Waals surface area contributed by atoms with Crippen LogP contribution in [0.15, 0.2) is 40.8 Å². The van der Waals surface area contributed by atoms with E-state index in [4.69, 9.17) is 30.2 Å². The average Bonchev–Trinajstić information content (AvgIpc) is 3.15. The van der Waals surface area contributed by atoms with Crippen LogP contribution in [0.2, 0.25) is 5.02 Å². The van der Waals surface area contributed by atoms with Gasteiger partial charge in [-0.15, -0.1) is 10.2 Å². The number of hydrogen-bond donors (Lipinski definition) is 1. The average molecular weight is 376 g/mol. The molecular weight excluding hydrogens is 358 g/mol. The van der Waals surface area contributed by atoms with Crippen molar-refractivity contribution in [1.29, 1.82) is 0 Å². The molecule has 0 radical (unpaired) electrons. The standard InChI is InChI=1S/C18H18ClN3O4/c1-23-14-8-13(9-15(24-2)17(14)25-3)20-10-16-21-22-18(26-16)11-4-6-12(19)7-5-11/h4-9,20H,10H2,1-3H3. The van der Waals surface area contributed by atoms with Gasteiger partial charge >= 0.3 is 0 Å². The van der Waals surface area contributed by atoms with Gasteiger partial charge in [0.25, 0.3) is 0 Å². The second-order valence-corrected chi connectivity index (χ2v) is 5.71. The Balaban J connectivity index is 1.74. The molecule has 8 heteroatoms. The van der Waals surface area contributed by atoms with E-state index < -0.39 is 0 Å². The van der Waals surface area contributed by atoms with Crippen molar-refractivity contribution in [2.75, 3.05) is 26.6 Å². The van der Waals surface area contributed by atoms with Gasteiger partial charge in [-0.1, -0.05) is 11.6 Å². The topological polar surface area (TPSA) is 78.6 Å². The molecule has 0 atom stereocenters. The molecule has 0 amide bonds. The van der Waals surface area contributed by atoms with Crippen LogP contribution in [0.4, 0.5) is 5.69 Å². The number of ether oxygens (including phenoxy) is 3. The monoisotopic (exact) mass is 375 g/mol. The van der Waals surface area contributed by atoms with E-state index in [2.05, 4.69) is 15.5 Å². The Hall–Kier alpha value is -2.93. The summed E-state index contributed by atoms with van der Waals surface area (Å²) in [6.07, 6.45) is 0. The second kappa shape index (κ2) is 7.97. The van der Waals surface area contributed by atoms with Gasteiger partial charge in [0.1, 0.15) is 0 Å². The fourth-order valence-corrected chi connectivity index (χ4v) is 2.52. The van der Waals surface area contributed by atoms with E-state index in [0.29, 0.717) is 40.6 Å². The lowest BCUT2D eigenvalue weighted by atomic mass is 10.2. The van der Waals surface area contributed by atoms with Crippen molar-refractivity contribution in [2.45, 2.75) is 6.54 Å². The lowest BCUT2D eigenvalue weighted by molar-refractivity contribution is 0.324. The van der Waals surface area contributed by atoms with Gasteiger partial charge in [0, 0.05) is 28.4 Å². The lowest BCUT2D eigenvalue weighted by Crippen LogP contribution is -2.02. The number of aromatic nitrogens is 2. The molecule has 3 rings (SSSR count). The first-order valence-electron chi connectivity index (χ1n) is 7.76. The molecule has 0 aliphatic rings. The summed E-state index contributed by atoms with van der Waals surface area (Å²) in [6.45, 7) is 0.346. The number of nitrogens with one attached hydrogen (secondary N) is 1. The summed E-state index contributed by atoms with van der Waals surface area (Å²) in [4.78, 5) is 0. The predicted molar refractivity (Wildman–Crippen MR) is 98.2 cm³/mol. The largest absolute Gasteiger partial charge is 0.493 e. The van der Waals surface area contributed by atoms with Crippen molar-refractivity contribution in [3.8, 4) is 28.7 Å². The SMILES string of the molecule is COc1cc(NCc2nnc(-c3ccc(Cl)cc3)o2)cc(OC)c1OC. The Morgan fingerprint density at radius 2 is 1.62 bits per heavy atom. The third-order valence-corrected chi connectivity index (χ3v) is 3.92. The molecule has 0 bridgehead atoms. The maximum Gasteiger partial charge on any atom is 0.247 e. The zero-order chi connectivity index (χ0) is 18.5. The van der Waals surface area contributed by atoms with Crippen LogP contribution >= 0.6 is 11.6 Å². The fraction of sp³-hybridized carbons (Fsp3) is 0.222. The Morgan fingerprint density at radius 3 is 2.19 bits per heavy atom. The summed E-state index contributed by atoms with van der Waals surface area (Å²) in [7, 11) is 4.69. The number of nitrogens with zero attached hydrogens (tertiary/aromatic N) is 2. The molecule has 26 heavy (non-hydrogen) atoms. The molecule has 136 valence electrons. The second-order valence-electron chi connectivity index (χ2n) is 5.28. The Labute approximate surface area is 155 Å². The molecule has 0 saturated heterocycles. The van der Waals surface area contributed by atoms with Crippen LogP contribution in [0.3, 0.4) is 0 Å². The summed E-state index contributed by atoms with van der Waals surface area (Å²) in [5, 5.41) is 12.0. The van der Waals surface area contributed by atoms with Crippen LogP contribution in [-0.4, -0.2) is 31.5 Å². The van der Waals surface area contributed by atoms with Crippen LogP contribution in [0.1, 0.15) is 5.89 Å². The molecule has 0 spiro atoms. The molecule has 0 aliphatic heterocycles. The zero-order valence-electron chi connectivity index (χ0n) is 14.6. The third kappa shape index (κ3) is 3.83. The number of halogens is 1. The Bertz CT molecular complexity index is 855. The maximum atomic E-state index is 5.89. The highest BCUT2D eigenvalue weighted by atomic mass is 35.5. The first-order chi connectivity index (χ1) is 12.6. The first kappa shape index (κ1) is 17.9. The highest BCUT2D eigenvalue weighted by Crippen LogP contribution is 2.40. The number of methoxy groups -OCH3 is 3. The summed E-state index contributed by atoms with van der Waals surface area (Å²) in [5.74, 6) is 2.53. The zero-order valence-corrected chi connectivity index (χ0v) is 15.3. The van der Waals surface area contributed by atoms with Crippen LogP contribution < -0.4 is 19.5 Å². The van der Waals surface area contributed by atoms with Gasteiger partial charge in [-0.25, -0.2) is 0 Å². The van der Waals surface area contributed by atoms with Crippen LogP contribution in [0.5, 0.6) is 17.2 Å². The summed E-state index contributed by atoms with van der Waals surface area (Å²) in [5.41, 5.74) is 1.58. The van der Waals surface area contributed by atoms with E-state index in [1.54, 1.807) is 45.6 Å². The van der Waals surface area contributed by atoms with E-state index in [1.807, 2.05) is 12.1 Å². The molecule has 7 nitrogen and oxygen atoms in total. The lowest BCUT2D eigenvalue weighted by Gasteiger charge is -2.14. The normalized spacial score (nSPS) is 10.5. The molecule has 1 heterocycles. The van der Waals surface area contributed by atoms with E-state index in [1.165, 1.54) is 0 Å². The van der Waals surface area contributed by atoms with Gasteiger partial charge < -0.3 is 23.9 Å². The van der Waals surface area contributed by atoms with Gasteiger partial charge in [-0.2, -0.15) is 0 Å². The van der Waals surface area contributed by atoms with Gasteiger partial charge in [0.05, 0.1) is 27.9 Å². The quantitative estimate of drug-likeness (QED) is 0.667. The summed E-state index contributed by atoms with van der Waals surface area (Å²) >= 11 is 5.89. The number of hydrogen-bond acceptors (Lipinski definition) is 7. The Kier molecular flexibility index (Phi) is 5.48. The van der Waals surface area contributed by atoms with Crippen molar-refractivity contribution in [3.05, 3.63) is 47.3 Å². The van der Waals surface area contributed by atoms with E-state index >= 15 is 0 Å². The maximum absolute atomic E-state index is 5.89. The van der Waals surface area contributed by atoms with Crippen molar-refractivity contribution in [1.82, 2.24) is 10.2 Å². The number of anilines is 1. The number of benzene rings is 2. The van der Waals surface area contributed by atoms with Gasteiger partial charge in [0.15, 0.2) is 11.5 Å². The summed E-state index contributed by atoms with van der Waals surface area (Å²) < 4.78 is 21.7. The van der Waals surface area contributed by atoms with E-state index in [-0.39, 0.29) is 0 Å².